The average molecular weight is 322 g/mol. The third-order valence-corrected chi connectivity index (χ3v) is 3.47. The molecule has 0 fully saturated rings. The van der Waals surface area contributed by atoms with Crippen LogP contribution >= 0.6 is 11.6 Å². The highest BCUT2D eigenvalue weighted by Crippen LogP contribution is 2.24. The maximum atomic E-state index is 12.3. The minimum Gasteiger partial charge on any atom is -0.550 e. The molecule has 0 aliphatic heterocycles. The molecule has 2 atom stereocenters. The van der Waals surface area contributed by atoms with Crippen molar-refractivity contribution in [2.24, 2.45) is 4.99 Å². The lowest BCUT2D eigenvalue weighted by Gasteiger charge is -2.22. The summed E-state index contributed by atoms with van der Waals surface area (Å²) in [7, 11) is 0. The first-order chi connectivity index (χ1) is 10.3. The number of hydrogen-bond donors (Lipinski definition) is 0. The van der Waals surface area contributed by atoms with E-state index < -0.39 is 47.1 Å². The molecule has 0 radical (unpaired) electrons. The molecule has 2 rings (SSSR count). The number of carboxylic acids is 2. The van der Waals surface area contributed by atoms with E-state index in [1.807, 2.05) is 0 Å². The number of ketones is 2. The molecule has 7 nitrogen and oxygen atoms in total. The second-order valence-electron chi connectivity index (χ2n) is 4.53. The van der Waals surface area contributed by atoms with Gasteiger partial charge in [-0.1, -0.05) is 24.3 Å². The Kier molecular flexibility index (Phi) is 4.37. The van der Waals surface area contributed by atoms with Crippen LogP contribution in [0.25, 0.3) is 0 Å². The van der Waals surface area contributed by atoms with Gasteiger partial charge in [0.05, 0.1) is 12.0 Å². The van der Waals surface area contributed by atoms with E-state index in [1.54, 1.807) is 6.07 Å². The fourth-order valence-electron chi connectivity index (χ4n) is 2.04. The topological polar surface area (TPSA) is 127 Å². The second kappa shape index (κ2) is 6.07. The van der Waals surface area contributed by atoms with Crippen molar-refractivity contribution < 1.29 is 29.4 Å². The van der Waals surface area contributed by atoms with Gasteiger partial charge in [0.25, 0.3) is 0 Å². The van der Waals surface area contributed by atoms with Crippen LogP contribution in [0.5, 0.6) is 0 Å². The molecule has 0 saturated heterocycles. The Morgan fingerprint density at radius 3 is 2.32 bits per heavy atom. The van der Waals surface area contributed by atoms with Gasteiger partial charge in [-0.2, -0.15) is 0 Å². The molecule has 1 aliphatic rings. The van der Waals surface area contributed by atoms with Gasteiger partial charge in [-0.25, -0.2) is 0 Å². The summed E-state index contributed by atoms with van der Waals surface area (Å²) in [6.45, 7) is 0. The Morgan fingerprint density at radius 2 is 1.77 bits per heavy atom. The van der Waals surface area contributed by atoms with Crippen molar-refractivity contribution in [2.45, 2.75) is 17.8 Å². The quantitative estimate of drug-likeness (QED) is 0.613. The molecule has 0 spiro atoms. The summed E-state index contributed by atoms with van der Waals surface area (Å²) in [4.78, 5) is 49.3. The molecule has 1 aliphatic carbocycles. The summed E-state index contributed by atoms with van der Waals surface area (Å²) in [6, 6.07) is 4.01. The minimum absolute atomic E-state index is 0.0358. The molecule has 22 heavy (non-hydrogen) atoms. The van der Waals surface area contributed by atoms with Crippen molar-refractivity contribution in [3.8, 4) is 0 Å². The van der Waals surface area contributed by atoms with E-state index in [0.29, 0.717) is 0 Å². The lowest BCUT2D eigenvalue weighted by molar-refractivity contribution is -0.316. The summed E-state index contributed by atoms with van der Waals surface area (Å²) in [5, 5.41) is 19.9. The molecule has 1 aromatic rings. The van der Waals surface area contributed by atoms with Crippen molar-refractivity contribution in [3.63, 3.8) is 0 Å². The van der Waals surface area contributed by atoms with Gasteiger partial charge in [-0.05, 0) is 0 Å². The number of aliphatic carboxylic acids is 2. The number of benzene rings is 1. The molecular formula is C14H8ClNO6-2. The Morgan fingerprint density at radius 1 is 1.18 bits per heavy atom. The number of hydrogen-bond acceptors (Lipinski definition) is 7. The SMILES string of the molecule is O=C([O-])C[C@@H](N=C1C(=O)c2ccccc2C(=O)C1Cl)C(=O)[O-]. The first-order valence-electron chi connectivity index (χ1n) is 6.13. The monoisotopic (exact) mass is 321 g/mol. The summed E-state index contributed by atoms with van der Waals surface area (Å²) in [5.74, 6) is -4.82. The number of halogens is 1. The zero-order valence-corrected chi connectivity index (χ0v) is 11.7. The van der Waals surface area contributed by atoms with Gasteiger partial charge < -0.3 is 19.8 Å². The Labute approximate surface area is 129 Å². The first kappa shape index (κ1) is 15.8. The normalized spacial score (nSPS) is 20.6. The van der Waals surface area contributed by atoms with Crippen LogP contribution < -0.4 is 10.2 Å². The van der Waals surface area contributed by atoms with Crippen LogP contribution in [0.15, 0.2) is 29.3 Å². The van der Waals surface area contributed by atoms with Gasteiger partial charge in [0.2, 0.25) is 5.78 Å². The third kappa shape index (κ3) is 2.89. The molecule has 0 saturated carbocycles. The van der Waals surface area contributed by atoms with Crippen LogP contribution in [0.1, 0.15) is 27.1 Å². The Balaban J connectivity index is 2.49. The lowest BCUT2D eigenvalue weighted by atomic mass is 9.87. The molecule has 0 aromatic heterocycles. The standard InChI is InChI=1S/C14H10ClNO6/c15-10-11(16-8(14(21)22)5-9(17)18)13(20)7-4-2-1-3-6(7)12(10)19/h1-4,8,10H,5H2,(H,17,18)(H,21,22)/p-2/t8-,10?/m1/s1. The number of aliphatic imine (C=N–C) groups is 1. The third-order valence-electron chi connectivity index (χ3n) is 3.07. The molecular weight excluding hydrogens is 314 g/mol. The lowest BCUT2D eigenvalue weighted by Crippen LogP contribution is -2.43. The van der Waals surface area contributed by atoms with E-state index in [-0.39, 0.29) is 11.1 Å². The summed E-state index contributed by atoms with van der Waals surface area (Å²) in [5.41, 5.74) is -0.370. The van der Waals surface area contributed by atoms with Crippen LogP contribution in [-0.4, -0.2) is 40.6 Å². The molecule has 0 N–H and O–H groups in total. The number of alkyl halides is 1. The largest absolute Gasteiger partial charge is 0.550 e. The molecule has 0 amide bonds. The average Bonchev–Trinajstić information content (AvgIpc) is 2.47. The van der Waals surface area contributed by atoms with Crippen LogP contribution in [-0.2, 0) is 9.59 Å². The van der Waals surface area contributed by atoms with E-state index in [4.69, 9.17) is 11.6 Å². The van der Waals surface area contributed by atoms with Gasteiger partial charge in [0, 0.05) is 23.5 Å². The van der Waals surface area contributed by atoms with Crippen LogP contribution in [0.3, 0.4) is 0 Å². The second-order valence-corrected chi connectivity index (χ2v) is 4.96. The Bertz CT molecular complexity index is 711. The van der Waals surface area contributed by atoms with E-state index in [9.17, 15) is 29.4 Å². The predicted octanol–water partition coefficient (Wildman–Crippen LogP) is -1.63. The van der Waals surface area contributed by atoms with E-state index in [1.165, 1.54) is 18.2 Å². The molecule has 114 valence electrons. The van der Waals surface area contributed by atoms with Gasteiger partial charge in [-0.15, -0.1) is 11.6 Å². The molecule has 8 heteroatoms. The molecule has 0 bridgehead atoms. The molecule has 1 unspecified atom stereocenters. The fraction of sp³-hybridized carbons (Fsp3) is 0.214. The highest BCUT2D eigenvalue weighted by molar-refractivity contribution is 6.64. The number of carbonyl (C=O) groups excluding carboxylic acids is 4. The number of Topliss-reactive ketones (excluding diaryl/α,β-unsaturated/α-hetero) is 2. The maximum Gasteiger partial charge on any atom is 0.209 e. The van der Waals surface area contributed by atoms with E-state index >= 15 is 0 Å². The highest BCUT2D eigenvalue weighted by Gasteiger charge is 2.37. The number of rotatable bonds is 4. The summed E-state index contributed by atoms with van der Waals surface area (Å²) in [6.07, 6.45) is -0.988. The zero-order valence-electron chi connectivity index (χ0n) is 10.9. The summed E-state index contributed by atoms with van der Waals surface area (Å²) < 4.78 is 0. The van der Waals surface area contributed by atoms with Crippen LogP contribution in [0.4, 0.5) is 0 Å². The zero-order chi connectivity index (χ0) is 16.4. The van der Waals surface area contributed by atoms with Crippen molar-refractivity contribution in [2.75, 3.05) is 0 Å². The van der Waals surface area contributed by atoms with Crippen molar-refractivity contribution in [1.82, 2.24) is 0 Å². The minimum atomic E-state index is -1.86. The number of carbonyl (C=O) groups is 4. The van der Waals surface area contributed by atoms with Gasteiger partial charge in [0.15, 0.2) is 5.78 Å². The van der Waals surface area contributed by atoms with Crippen molar-refractivity contribution in [3.05, 3.63) is 35.4 Å². The number of carboxylic acid groups (broad SMARTS) is 2. The molecule has 1 aromatic carbocycles. The van der Waals surface area contributed by atoms with Gasteiger partial charge in [-0.3, -0.25) is 14.6 Å². The predicted molar refractivity (Wildman–Crippen MR) is 70.6 cm³/mol. The number of nitrogens with zero attached hydrogens (tertiary/aromatic N) is 1. The van der Waals surface area contributed by atoms with Crippen LogP contribution in [0.2, 0.25) is 0 Å². The van der Waals surface area contributed by atoms with Crippen LogP contribution in [0, 0.1) is 0 Å². The van der Waals surface area contributed by atoms with Gasteiger partial charge >= 0.3 is 0 Å². The van der Waals surface area contributed by atoms with Crippen molar-refractivity contribution >= 4 is 40.8 Å². The molecule has 0 heterocycles. The summed E-state index contributed by atoms with van der Waals surface area (Å²) >= 11 is 5.86. The smallest absolute Gasteiger partial charge is 0.209 e. The van der Waals surface area contributed by atoms with E-state index in [0.717, 1.165) is 0 Å². The Hall–Kier alpha value is -2.54. The van der Waals surface area contributed by atoms with Crippen molar-refractivity contribution in [1.29, 1.82) is 0 Å². The van der Waals surface area contributed by atoms with Gasteiger partial charge in [0.1, 0.15) is 11.1 Å². The fourth-order valence-corrected chi connectivity index (χ4v) is 2.31. The first-order valence-corrected chi connectivity index (χ1v) is 6.57. The highest BCUT2D eigenvalue weighted by atomic mass is 35.5. The maximum absolute atomic E-state index is 12.3. The van der Waals surface area contributed by atoms with E-state index in [2.05, 4.69) is 4.99 Å². The number of fused-ring (bicyclic) bond motifs is 1.